The van der Waals surface area contributed by atoms with Crippen molar-refractivity contribution in [1.82, 2.24) is 0 Å². The standard InChI is InChI=1S/C10H16FNO/c1-9(2,3)10(11,7-12)8-5-4-6-13-8/h4-6H,7,12H2,1-3H3. The van der Waals surface area contributed by atoms with Gasteiger partial charge in [0.2, 0.25) is 0 Å². The van der Waals surface area contributed by atoms with Crippen molar-refractivity contribution in [1.29, 1.82) is 0 Å². The monoisotopic (exact) mass is 185 g/mol. The van der Waals surface area contributed by atoms with Crippen LogP contribution in [0, 0.1) is 5.41 Å². The van der Waals surface area contributed by atoms with Crippen LogP contribution in [0.4, 0.5) is 4.39 Å². The Morgan fingerprint density at radius 3 is 2.38 bits per heavy atom. The summed E-state index contributed by atoms with van der Waals surface area (Å²) in [6, 6.07) is 3.29. The molecule has 0 aliphatic heterocycles. The number of rotatable bonds is 2. The Hall–Kier alpha value is -0.830. The van der Waals surface area contributed by atoms with Gasteiger partial charge in [0.1, 0.15) is 5.76 Å². The minimum atomic E-state index is -1.59. The molecule has 1 atom stereocenters. The van der Waals surface area contributed by atoms with Gasteiger partial charge in [0, 0.05) is 12.0 Å². The molecular weight excluding hydrogens is 169 g/mol. The second-order valence-corrected chi connectivity index (χ2v) is 4.23. The van der Waals surface area contributed by atoms with Crippen LogP contribution in [0.25, 0.3) is 0 Å². The molecule has 0 spiro atoms. The number of alkyl halides is 1. The summed E-state index contributed by atoms with van der Waals surface area (Å²) in [5.41, 5.74) is 3.31. The second-order valence-electron chi connectivity index (χ2n) is 4.23. The minimum absolute atomic E-state index is 0.0655. The topological polar surface area (TPSA) is 39.2 Å². The van der Waals surface area contributed by atoms with E-state index in [1.165, 1.54) is 6.26 Å². The molecule has 0 amide bonds. The maximum absolute atomic E-state index is 14.4. The van der Waals surface area contributed by atoms with E-state index in [1.54, 1.807) is 12.1 Å². The van der Waals surface area contributed by atoms with Gasteiger partial charge in [0.15, 0.2) is 5.67 Å². The Balaban J connectivity index is 3.09. The molecule has 3 heteroatoms. The average molecular weight is 185 g/mol. The summed E-state index contributed by atoms with van der Waals surface area (Å²) >= 11 is 0. The van der Waals surface area contributed by atoms with E-state index in [9.17, 15) is 4.39 Å². The SMILES string of the molecule is CC(C)(C)C(F)(CN)c1ccco1. The Morgan fingerprint density at radius 1 is 1.46 bits per heavy atom. The third-order valence-corrected chi connectivity index (χ3v) is 2.38. The van der Waals surface area contributed by atoms with Crippen LogP contribution in [-0.2, 0) is 5.67 Å². The number of nitrogens with two attached hydrogens (primary N) is 1. The number of hydrogen-bond acceptors (Lipinski definition) is 2. The summed E-state index contributed by atoms with van der Waals surface area (Å²) in [5.74, 6) is 0.308. The van der Waals surface area contributed by atoms with Gasteiger partial charge in [-0.3, -0.25) is 0 Å². The van der Waals surface area contributed by atoms with Crippen molar-refractivity contribution >= 4 is 0 Å². The maximum atomic E-state index is 14.4. The van der Waals surface area contributed by atoms with Gasteiger partial charge < -0.3 is 10.2 Å². The van der Waals surface area contributed by atoms with Gasteiger partial charge in [-0.1, -0.05) is 20.8 Å². The van der Waals surface area contributed by atoms with Crippen molar-refractivity contribution in [2.24, 2.45) is 11.1 Å². The molecule has 74 valence electrons. The van der Waals surface area contributed by atoms with Gasteiger partial charge in [0.05, 0.1) is 6.26 Å². The Morgan fingerprint density at radius 2 is 2.08 bits per heavy atom. The van der Waals surface area contributed by atoms with Crippen LogP contribution < -0.4 is 5.73 Å². The first-order valence-corrected chi connectivity index (χ1v) is 4.35. The van der Waals surface area contributed by atoms with Crippen LogP contribution >= 0.6 is 0 Å². The minimum Gasteiger partial charge on any atom is -0.466 e. The fourth-order valence-corrected chi connectivity index (χ4v) is 1.28. The molecule has 0 radical (unpaired) electrons. The van der Waals surface area contributed by atoms with Crippen LogP contribution in [0.3, 0.4) is 0 Å². The number of halogens is 1. The lowest BCUT2D eigenvalue weighted by Gasteiger charge is -2.34. The maximum Gasteiger partial charge on any atom is 0.184 e. The lowest BCUT2D eigenvalue weighted by atomic mass is 9.76. The molecule has 1 heterocycles. The van der Waals surface area contributed by atoms with E-state index in [-0.39, 0.29) is 6.54 Å². The smallest absolute Gasteiger partial charge is 0.184 e. The first kappa shape index (κ1) is 10.3. The summed E-state index contributed by atoms with van der Waals surface area (Å²) in [5, 5.41) is 0. The van der Waals surface area contributed by atoms with E-state index in [2.05, 4.69) is 0 Å². The third kappa shape index (κ3) is 1.61. The van der Waals surface area contributed by atoms with E-state index in [4.69, 9.17) is 10.2 Å². The average Bonchev–Trinajstić information content (AvgIpc) is 2.52. The molecule has 0 aromatic carbocycles. The molecule has 0 aliphatic rings. The van der Waals surface area contributed by atoms with E-state index in [0.29, 0.717) is 5.76 Å². The third-order valence-electron chi connectivity index (χ3n) is 2.38. The van der Waals surface area contributed by atoms with E-state index in [0.717, 1.165) is 0 Å². The zero-order chi connectivity index (χ0) is 10.1. The molecule has 0 fully saturated rings. The van der Waals surface area contributed by atoms with Crippen LogP contribution in [0.1, 0.15) is 26.5 Å². The van der Waals surface area contributed by atoms with Gasteiger partial charge in [0.25, 0.3) is 0 Å². The van der Waals surface area contributed by atoms with Crippen LogP contribution in [0.5, 0.6) is 0 Å². The number of hydrogen-bond donors (Lipinski definition) is 1. The Labute approximate surface area is 77.9 Å². The van der Waals surface area contributed by atoms with Crippen molar-refractivity contribution in [3.05, 3.63) is 24.2 Å². The highest BCUT2D eigenvalue weighted by atomic mass is 19.1. The molecule has 1 unspecified atom stereocenters. The van der Waals surface area contributed by atoms with Gasteiger partial charge >= 0.3 is 0 Å². The zero-order valence-corrected chi connectivity index (χ0v) is 8.30. The number of furan rings is 1. The molecule has 0 saturated carbocycles. The van der Waals surface area contributed by atoms with Crippen LogP contribution in [0.15, 0.2) is 22.8 Å². The van der Waals surface area contributed by atoms with Crippen molar-refractivity contribution in [3.8, 4) is 0 Å². The molecule has 1 aromatic rings. The summed E-state index contributed by atoms with van der Waals surface area (Å²) in [4.78, 5) is 0. The highest BCUT2D eigenvalue weighted by molar-refractivity contribution is 5.14. The molecule has 0 bridgehead atoms. The largest absolute Gasteiger partial charge is 0.466 e. The van der Waals surface area contributed by atoms with Gasteiger partial charge in [-0.2, -0.15) is 0 Å². The van der Waals surface area contributed by atoms with Crippen molar-refractivity contribution < 1.29 is 8.81 Å². The molecule has 1 aromatic heterocycles. The Kier molecular flexibility index (Phi) is 2.48. The first-order valence-electron chi connectivity index (χ1n) is 4.35. The molecule has 0 aliphatic carbocycles. The highest BCUT2D eigenvalue weighted by Gasteiger charge is 2.45. The van der Waals surface area contributed by atoms with E-state index < -0.39 is 11.1 Å². The van der Waals surface area contributed by atoms with Gasteiger partial charge in [-0.15, -0.1) is 0 Å². The lowest BCUT2D eigenvalue weighted by Crippen LogP contribution is -2.42. The predicted molar refractivity (Wildman–Crippen MR) is 50.0 cm³/mol. The van der Waals surface area contributed by atoms with Crippen molar-refractivity contribution in [2.75, 3.05) is 6.54 Å². The lowest BCUT2D eigenvalue weighted by molar-refractivity contribution is 0.0129. The zero-order valence-electron chi connectivity index (χ0n) is 8.30. The molecule has 2 N–H and O–H groups in total. The second kappa shape index (κ2) is 3.14. The molecular formula is C10H16FNO. The fourth-order valence-electron chi connectivity index (χ4n) is 1.28. The van der Waals surface area contributed by atoms with Crippen molar-refractivity contribution in [2.45, 2.75) is 26.4 Å². The van der Waals surface area contributed by atoms with Crippen molar-refractivity contribution in [3.63, 3.8) is 0 Å². The summed E-state index contributed by atoms with van der Waals surface area (Å²) in [6.07, 6.45) is 1.46. The van der Waals surface area contributed by atoms with Gasteiger partial charge in [-0.05, 0) is 12.1 Å². The Bertz CT molecular complexity index is 263. The normalized spacial score (nSPS) is 17.0. The predicted octanol–water partition coefficient (Wildman–Crippen LogP) is 2.45. The van der Waals surface area contributed by atoms with Crippen LogP contribution in [-0.4, -0.2) is 6.54 Å². The highest BCUT2D eigenvalue weighted by Crippen LogP contribution is 2.42. The fraction of sp³-hybridized carbons (Fsp3) is 0.600. The molecule has 13 heavy (non-hydrogen) atoms. The molecule has 1 rings (SSSR count). The quantitative estimate of drug-likeness (QED) is 0.768. The summed E-state index contributed by atoms with van der Waals surface area (Å²) in [7, 11) is 0. The molecule has 0 saturated heterocycles. The van der Waals surface area contributed by atoms with E-state index in [1.807, 2.05) is 20.8 Å². The molecule has 2 nitrogen and oxygen atoms in total. The summed E-state index contributed by atoms with van der Waals surface area (Å²) in [6.45, 7) is 5.36. The van der Waals surface area contributed by atoms with Gasteiger partial charge in [-0.25, -0.2) is 4.39 Å². The summed E-state index contributed by atoms with van der Waals surface area (Å²) < 4.78 is 19.4. The van der Waals surface area contributed by atoms with E-state index >= 15 is 0 Å². The first-order chi connectivity index (χ1) is 5.92. The van der Waals surface area contributed by atoms with Crippen LogP contribution in [0.2, 0.25) is 0 Å².